The van der Waals surface area contributed by atoms with Crippen LogP contribution in [0.2, 0.25) is 0 Å². The van der Waals surface area contributed by atoms with Crippen LogP contribution in [0.3, 0.4) is 0 Å². The third-order valence-electron chi connectivity index (χ3n) is 2.80. The second kappa shape index (κ2) is 5.87. The van der Waals surface area contributed by atoms with Crippen molar-refractivity contribution in [3.8, 4) is 0 Å². The zero-order valence-corrected chi connectivity index (χ0v) is 13.4. The van der Waals surface area contributed by atoms with Crippen molar-refractivity contribution in [2.75, 3.05) is 30.7 Å². The van der Waals surface area contributed by atoms with E-state index in [1.807, 2.05) is 13.8 Å². The third kappa shape index (κ3) is 3.44. The Morgan fingerprint density at radius 2 is 1.84 bits per heavy atom. The number of sulfonamides is 1. The van der Waals surface area contributed by atoms with Crippen LogP contribution >= 0.6 is 11.3 Å². The maximum atomic E-state index is 12.2. The molecule has 0 atom stereocenters. The number of carbonyl (C=O) groups excluding carboxylic acids is 1. The first kappa shape index (κ1) is 15.9. The first-order valence-corrected chi connectivity index (χ1v) is 8.59. The van der Waals surface area contributed by atoms with Crippen LogP contribution in [0.15, 0.2) is 0 Å². The SMILES string of the molecule is CCN(CC)C(=O)c1sc(N(C)S(C)(=O)=O)nc1C. The van der Waals surface area contributed by atoms with E-state index in [0.29, 0.717) is 28.8 Å². The van der Waals surface area contributed by atoms with Gasteiger partial charge in [-0.3, -0.25) is 4.79 Å². The molecular weight excluding hydrogens is 286 g/mol. The lowest BCUT2D eigenvalue weighted by Crippen LogP contribution is -2.30. The molecule has 0 radical (unpaired) electrons. The highest BCUT2D eigenvalue weighted by Crippen LogP contribution is 2.27. The maximum Gasteiger partial charge on any atom is 0.265 e. The van der Waals surface area contributed by atoms with Crippen LogP contribution in [-0.2, 0) is 10.0 Å². The first-order valence-electron chi connectivity index (χ1n) is 5.92. The maximum absolute atomic E-state index is 12.2. The van der Waals surface area contributed by atoms with E-state index in [0.717, 1.165) is 21.9 Å². The molecule has 6 nitrogen and oxygen atoms in total. The molecule has 1 aromatic rings. The Labute approximate surface area is 118 Å². The van der Waals surface area contributed by atoms with E-state index in [9.17, 15) is 13.2 Å². The summed E-state index contributed by atoms with van der Waals surface area (Å²) in [5.74, 6) is -0.104. The van der Waals surface area contributed by atoms with E-state index in [1.165, 1.54) is 7.05 Å². The number of aromatic nitrogens is 1. The summed E-state index contributed by atoms with van der Waals surface area (Å²) in [6.07, 6.45) is 1.11. The van der Waals surface area contributed by atoms with E-state index >= 15 is 0 Å². The van der Waals surface area contributed by atoms with Gasteiger partial charge in [-0.05, 0) is 20.8 Å². The molecule has 0 aliphatic heterocycles. The number of hydrogen-bond acceptors (Lipinski definition) is 5. The molecule has 1 heterocycles. The Balaban J connectivity index is 3.14. The average molecular weight is 305 g/mol. The second-order valence-corrected chi connectivity index (χ2v) is 7.11. The molecule has 0 saturated heterocycles. The van der Waals surface area contributed by atoms with Crippen LogP contribution < -0.4 is 4.31 Å². The number of hydrogen-bond donors (Lipinski definition) is 0. The largest absolute Gasteiger partial charge is 0.338 e. The Morgan fingerprint density at radius 3 is 2.26 bits per heavy atom. The van der Waals surface area contributed by atoms with Gasteiger partial charge in [-0.25, -0.2) is 17.7 Å². The van der Waals surface area contributed by atoms with Gasteiger partial charge < -0.3 is 4.90 Å². The lowest BCUT2D eigenvalue weighted by Gasteiger charge is -2.17. The fraction of sp³-hybridized carbons (Fsp3) is 0.636. The highest BCUT2D eigenvalue weighted by atomic mass is 32.2. The van der Waals surface area contributed by atoms with Gasteiger partial charge in [0.2, 0.25) is 10.0 Å². The molecule has 0 aromatic carbocycles. The number of thiazole rings is 1. The second-order valence-electron chi connectivity index (χ2n) is 4.12. The van der Waals surface area contributed by atoms with E-state index in [2.05, 4.69) is 4.98 Å². The molecule has 0 N–H and O–H groups in total. The predicted octanol–water partition coefficient (Wildman–Crippen LogP) is 1.33. The van der Waals surface area contributed by atoms with E-state index in [-0.39, 0.29) is 5.91 Å². The smallest absolute Gasteiger partial charge is 0.265 e. The molecule has 0 spiro atoms. The predicted molar refractivity (Wildman–Crippen MR) is 77.3 cm³/mol. The van der Waals surface area contributed by atoms with Gasteiger partial charge in [0, 0.05) is 20.1 Å². The Bertz CT molecular complexity index is 562. The number of carbonyl (C=O) groups is 1. The molecule has 0 unspecified atom stereocenters. The zero-order chi connectivity index (χ0) is 14.8. The van der Waals surface area contributed by atoms with Crippen molar-refractivity contribution in [1.82, 2.24) is 9.88 Å². The summed E-state index contributed by atoms with van der Waals surface area (Å²) >= 11 is 1.11. The first-order chi connectivity index (χ1) is 8.72. The number of nitrogens with zero attached hydrogens (tertiary/aromatic N) is 3. The summed E-state index contributed by atoms with van der Waals surface area (Å²) in [7, 11) is -1.93. The van der Waals surface area contributed by atoms with Crippen LogP contribution in [0.25, 0.3) is 0 Å². The number of rotatable bonds is 5. The molecule has 0 bridgehead atoms. The number of anilines is 1. The van der Waals surface area contributed by atoms with Crippen LogP contribution in [0.1, 0.15) is 29.2 Å². The molecule has 19 heavy (non-hydrogen) atoms. The van der Waals surface area contributed by atoms with Gasteiger partial charge in [0.1, 0.15) is 4.88 Å². The minimum absolute atomic E-state index is 0.104. The molecule has 108 valence electrons. The standard InChI is InChI=1S/C11H19N3O3S2/c1-6-14(7-2)10(15)9-8(3)12-11(18-9)13(4)19(5,16)17/h6-7H2,1-5H3. The third-order valence-corrected chi connectivity index (χ3v) is 5.30. The summed E-state index contributed by atoms with van der Waals surface area (Å²) in [4.78, 5) is 18.6. The molecule has 1 amide bonds. The topological polar surface area (TPSA) is 70.6 Å². The molecular formula is C11H19N3O3S2. The fourth-order valence-electron chi connectivity index (χ4n) is 1.51. The van der Waals surface area contributed by atoms with Crippen molar-refractivity contribution >= 4 is 32.4 Å². The molecule has 1 aromatic heterocycles. The fourth-order valence-corrected chi connectivity index (χ4v) is 3.26. The van der Waals surface area contributed by atoms with Crippen LogP contribution in [0, 0.1) is 6.92 Å². The summed E-state index contributed by atoms with van der Waals surface area (Å²) in [6, 6.07) is 0. The summed E-state index contributed by atoms with van der Waals surface area (Å²) in [6.45, 7) is 6.75. The zero-order valence-electron chi connectivity index (χ0n) is 11.8. The Morgan fingerprint density at radius 1 is 1.32 bits per heavy atom. The molecule has 0 aliphatic rings. The summed E-state index contributed by atoms with van der Waals surface area (Å²) < 4.78 is 24.0. The van der Waals surface area contributed by atoms with E-state index < -0.39 is 10.0 Å². The molecule has 0 aliphatic carbocycles. The molecule has 1 rings (SSSR count). The molecule has 8 heteroatoms. The van der Waals surface area contributed by atoms with Gasteiger partial charge in [-0.2, -0.15) is 0 Å². The van der Waals surface area contributed by atoms with E-state index in [1.54, 1.807) is 11.8 Å². The Kier molecular flexibility index (Phi) is 4.92. The minimum Gasteiger partial charge on any atom is -0.338 e. The number of aryl methyl sites for hydroxylation is 1. The van der Waals surface area contributed by atoms with Gasteiger partial charge in [0.25, 0.3) is 5.91 Å². The normalized spacial score (nSPS) is 11.4. The molecule has 0 saturated carbocycles. The van der Waals surface area contributed by atoms with Gasteiger partial charge in [-0.15, -0.1) is 0 Å². The van der Waals surface area contributed by atoms with Crippen molar-refractivity contribution in [2.24, 2.45) is 0 Å². The lowest BCUT2D eigenvalue weighted by atomic mass is 10.3. The van der Waals surface area contributed by atoms with Gasteiger partial charge in [0.05, 0.1) is 11.9 Å². The van der Waals surface area contributed by atoms with E-state index in [4.69, 9.17) is 0 Å². The van der Waals surface area contributed by atoms with Crippen LogP contribution in [-0.4, -0.2) is 50.6 Å². The van der Waals surface area contributed by atoms with Crippen molar-refractivity contribution in [1.29, 1.82) is 0 Å². The summed E-state index contributed by atoms with van der Waals surface area (Å²) in [5.41, 5.74) is 0.562. The van der Waals surface area contributed by atoms with Crippen molar-refractivity contribution in [3.05, 3.63) is 10.6 Å². The van der Waals surface area contributed by atoms with Crippen LogP contribution in [0.5, 0.6) is 0 Å². The minimum atomic E-state index is -3.36. The lowest BCUT2D eigenvalue weighted by molar-refractivity contribution is 0.0777. The highest BCUT2D eigenvalue weighted by molar-refractivity contribution is 7.92. The van der Waals surface area contributed by atoms with Crippen molar-refractivity contribution in [3.63, 3.8) is 0 Å². The number of amides is 1. The van der Waals surface area contributed by atoms with Crippen molar-refractivity contribution < 1.29 is 13.2 Å². The summed E-state index contributed by atoms with van der Waals surface area (Å²) in [5, 5.41) is 0.315. The quantitative estimate of drug-likeness (QED) is 0.823. The van der Waals surface area contributed by atoms with Crippen molar-refractivity contribution in [2.45, 2.75) is 20.8 Å². The van der Waals surface area contributed by atoms with Gasteiger partial charge >= 0.3 is 0 Å². The van der Waals surface area contributed by atoms with Crippen LogP contribution in [0.4, 0.5) is 5.13 Å². The van der Waals surface area contributed by atoms with Gasteiger partial charge in [0.15, 0.2) is 5.13 Å². The Hall–Kier alpha value is -1.15. The molecule has 0 fully saturated rings. The van der Waals surface area contributed by atoms with Gasteiger partial charge in [-0.1, -0.05) is 11.3 Å². The average Bonchev–Trinajstić information content (AvgIpc) is 2.70. The highest BCUT2D eigenvalue weighted by Gasteiger charge is 2.23. The monoisotopic (exact) mass is 305 g/mol.